The van der Waals surface area contributed by atoms with Gasteiger partial charge in [-0.3, -0.25) is 0 Å². The van der Waals surface area contributed by atoms with E-state index in [4.69, 9.17) is 0 Å². The highest BCUT2D eigenvalue weighted by atomic mass is 19.1. The third kappa shape index (κ3) is 2.81. The Hall–Kier alpha value is -1.90. The second-order valence-electron chi connectivity index (χ2n) is 3.75. The molecule has 17 heavy (non-hydrogen) atoms. The van der Waals surface area contributed by atoms with Crippen molar-refractivity contribution in [3.63, 3.8) is 0 Å². The summed E-state index contributed by atoms with van der Waals surface area (Å²) in [5, 5.41) is 3.06. The summed E-state index contributed by atoms with van der Waals surface area (Å²) in [5.74, 6) is -1.11. The molecule has 0 unspecified atom stereocenters. The molecule has 2 rings (SSSR count). The van der Waals surface area contributed by atoms with Crippen molar-refractivity contribution in [3.05, 3.63) is 72.1 Å². The number of nitrogens with one attached hydrogen (secondary N) is 1. The Bertz CT molecular complexity index is 523. The molecule has 0 saturated carbocycles. The average molecular weight is 232 g/mol. The van der Waals surface area contributed by atoms with Crippen molar-refractivity contribution in [3.8, 4) is 0 Å². The summed E-state index contributed by atoms with van der Waals surface area (Å²) < 4.78 is 26.1. The molecule has 0 aliphatic carbocycles. The number of para-hydroxylation sites is 1. The molecule has 1 nitrogen and oxygen atoms in total. The summed E-state index contributed by atoms with van der Waals surface area (Å²) in [6.07, 6.45) is 0. The van der Waals surface area contributed by atoms with Crippen LogP contribution < -0.4 is 5.32 Å². The molecule has 0 amide bonds. The summed E-state index contributed by atoms with van der Waals surface area (Å²) in [6.45, 7) is 4.16. The van der Waals surface area contributed by atoms with Crippen LogP contribution in [-0.4, -0.2) is 0 Å². The van der Waals surface area contributed by atoms with Crippen LogP contribution in [0.4, 0.5) is 14.5 Å². The molecular weight excluding hydrogens is 220 g/mol. The molecule has 0 heterocycles. The third-order valence-corrected chi connectivity index (χ3v) is 2.50. The fourth-order valence-electron chi connectivity index (χ4n) is 1.55. The Morgan fingerprint density at radius 1 is 1.06 bits per heavy atom. The molecule has 1 radical (unpaired) electrons. The van der Waals surface area contributed by atoms with E-state index >= 15 is 0 Å². The van der Waals surface area contributed by atoms with E-state index in [0.29, 0.717) is 12.1 Å². The molecular formula is C14H12F2N. The molecule has 0 saturated heterocycles. The highest BCUT2D eigenvalue weighted by Gasteiger charge is 2.04. The van der Waals surface area contributed by atoms with Crippen molar-refractivity contribution in [2.24, 2.45) is 0 Å². The SMILES string of the molecule is [CH2]c1ccccc1NCc1ccc(F)cc1F. The van der Waals surface area contributed by atoms with Gasteiger partial charge in [-0.2, -0.15) is 0 Å². The van der Waals surface area contributed by atoms with Crippen molar-refractivity contribution < 1.29 is 8.78 Å². The highest BCUT2D eigenvalue weighted by Crippen LogP contribution is 2.16. The maximum atomic E-state index is 13.4. The molecule has 0 bridgehead atoms. The summed E-state index contributed by atoms with van der Waals surface area (Å²) >= 11 is 0. The molecule has 1 N–H and O–H groups in total. The second kappa shape index (κ2) is 4.95. The van der Waals surface area contributed by atoms with Crippen LogP contribution in [0.1, 0.15) is 11.1 Å². The smallest absolute Gasteiger partial charge is 0.131 e. The number of anilines is 1. The Morgan fingerprint density at radius 2 is 1.82 bits per heavy atom. The minimum atomic E-state index is -0.566. The number of halogens is 2. The van der Waals surface area contributed by atoms with Gasteiger partial charge in [-0.15, -0.1) is 0 Å². The Balaban J connectivity index is 2.10. The van der Waals surface area contributed by atoms with Gasteiger partial charge >= 0.3 is 0 Å². The lowest BCUT2D eigenvalue weighted by Crippen LogP contribution is -2.03. The van der Waals surface area contributed by atoms with Crippen LogP contribution >= 0.6 is 0 Å². The third-order valence-electron chi connectivity index (χ3n) is 2.50. The van der Waals surface area contributed by atoms with E-state index in [1.54, 1.807) is 0 Å². The minimum Gasteiger partial charge on any atom is -0.381 e. The maximum absolute atomic E-state index is 13.4. The molecule has 2 aromatic rings. The zero-order valence-corrected chi connectivity index (χ0v) is 9.21. The predicted octanol–water partition coefficient (Wildman–Crippen LogP) is 3.76. The molecule has 0 fully saturated rings. The van der Waals surface area contributed by atoms with Gasteiger partial charge in [-0.1, -0.05) is 24.3 Å². The van der Waals surface area contributed by atoms with Crippen molar-refractivity contribution >= 4 is 5.69 Å². The number of benzene rings is 2. The van der Waals surface area contributed by atoms with Crippen LogP contribution in [0.25, 0.3) is 0 Å². The second-order valence-corrected chi connectivity index (χ2v) is 3.75. The van der Waals surface area contributed by atoms with E-state index in [1.807, 2.05) is 24.3 Å². The van der Waals surface area contributed by atoms with Gasteiger partial charge in [0.1, 0.15) is 11.6 Å². The summed E-state index contributed by atoms with van der Waals surface area (Å²) in [7, 11) is 0. The number of hydrogen-bond acceptors (Lipinski definition) is 1. The van der Waals surface area contributed by atoms with E-state index < -0.39 is 11.6 Å². The highest BCUT2D eigenvalue weighted by molar-refractivity contribution is 5.52. The maximum Gasteiger partial charge on any atom is 0.131 e. The summed E-state index contributed by atoms with van der Waals surface area (Å²) in [5.41, 5.74) is 2.11. The van der Waals surface area contributed by atoms with Crippen molar-refractivity contribution in [2.75, 3.05) is 5.32 Å². The zero-order chi connectivity index (χ0) is 12.3. The van der Waals surface area contributed by atoms with Crippen molar-refractivity contribution in [2.45, 2.75) is 6.54 Å². The molecule has 0 spiro atoms. The van der Waals surface area contributed by atoms with Gasteiger partial charge in [0.2, 0.25) is 0 Å². The van der Waals surface area contributed by atoms with Gasteiger partial charge in [-0.25, -0.2) is 8.78 Å². The summed E-state index contributed by atoms with van der Waals surface area (Å²) in [4.78, 5) is 0. The van der Waals surface area contributed by atoms with Gasteiger partial charge in [0.15, 0.2) is 0 Å². The lowest BCUT2D eigenvalue weighted by molar-refractivity contribution is 0.574. The number of rotatable bonds is 3. The van der Waals surface area contributed by atoms with Crippen LogP contribution in [0.3, 0.4) is 0 Å². The Morgan fingerprint density at radius 3 is 2.53 bits per heavy atom. The lowest BCUT2D eigenvalue weighted by atomic mass is 10.1. The lowest BCUT2D eigenvalue weighted by Gasteiger charge is -2.09. The van der Waals surface area contributed by atoms with Crippen LogP contribution in [0.15, 0.2) is 42.5 Å². The Labute approximate surface area is 99.1 Å². The normalized spacial score (nSPS) is 10.3. The van der Waals surface area contributed by atoms with Gasteiger partial charge in [0.05, 0.1) is 0 Å². The molecule has 87 valence electrons. The van der Waals surface area contributed by atoms with Gasteiger partial charge < -0.3 is 5.32 Å². The minimum absolute atomic E-state index is 0.304. The van der Waals surface area contributed by atoms with Crippen LogP contribution in [0, 0.1) is 18.6 Å². The van der Waals surface area contributed by atoms with Crippen LogP contribution in [-0.2, 0) is 6.54 Å². The monoisotopic (exact) mass is 232 g/mol. The average Bonchev–Trinajstić information content (AvgIpc) is 2.30. The van der Waals surface area contributed by atoms with E-state index in [-0.39, 0.29) is 0 Å². The first-order valence-electron chi connectivity index (χ1n) is 5.25. The fraction of sp³-hybridized carbons (Fsp3) is 0.0714. The first kappa shape index (κ1) is 11.6. The van der Waals surface area contributed by atoms with Gasteiger partial charge in [0, 0.05) is 23.9 Å². The fourth-order valence-corrected chi connectivity index (χ4v) is 1.55. The molecule has 2 aromatic carbocycles. The molecule has 0 aliphatic heterocycles. The summed E-state index contributed by atoms with van der Waals surface area (Å²) in [6, 6.07) is 11.0. The first-order chi connectivity index (χ1) is 8.16. The van der Waals surface area contributed by atoms with E-state index in [0.717, 1.165) is 17.3 Å². The van der Waals surface area contributed by atoms with Crippen LogP contribution in [0.2, 0.25) is 0 Å². The molecule has 3 heteroatoms. The number of hydrogen-bond donors (Lipinski definition) is 1. The van der Waals surface area contributed by atoms with Crippen molar-refractivity contribution in [1.82, 2.24) is 0 Å². The first-order valence-corrected chi connectivity index (χ1v) is 5.25. The zero-order valence-electron chi connectivity index (χ0n) is 9.21. The van der Waals surface area contributed by atoms with E-state index in [1.165, 1.54) is 12.1 Å². The largest absolute Gasteiger partial charge is 0.381 e. The van der Waals surface area contributed by atoms with Crippen molar-refractivity contribution in [1.29, 1.82) is 0 Å². The van der Waals surface area contributed by atoms with Crippen LogP contribution in [0.5, 0.6) is 0 Å². The standard InChI is InChI=1S/C14H12F2N/c1-10-4-2-3-5-14(10)17-9-11-6-7-12(15)8-13(11)16/h2-8,17H,1,9H2. The molecule has 0 aromatic heterocycles. The quantitative estimate of drug-likeness (QED) is 0.849. The molecule has 0 atom stereocenters. The predicted molar refractivity (Wildman–Crippen MR) is 64.6 cm³/mol. The Kier molecular flexibility index (Phi) is 3.38. The van der Waals surface area contributed by atoms with Gasteiger partial charge in [-0.05, 0) is 24.6 Å². The van der Waals surface area contributed by atoms with Gasteiger partial charge in [0.25, 0.3) is 0 Å². The molecule has 0 aliphatic rings. The van der Waals surface area contributed by atoms with E-state index in [2.05, 4.69) is 12.2 Å². The topological polar surface area (TPSA) is 12.0 Å². The van der Waals surface area contributed by atoms with E-state index in [9.17, 15) is 8.78 Å².